The molecule has 1 aliphatic carbocycles. The normalized spacial score (nSPS) is 19.4. The summed E-state index contributed by atoms with van der Waals surface area (Å²) in [6.07, 6.45) is 11.6. The molecule has 3 aromatic heterocycles. The van der Waals surface area contributed by atoms with Crippen molar-refractivity contribution in [1.29, 1.82) is 0 Å². The van der Waals surface area contributed by atoms with Gasteiger partial charge in [-0.2, -0.15) is 5.10 Å². The third kappa shape index (κ3) is 11.7. The number of rotatable bonds is 15. The number of ether oxygens (including phenoxy) is 3. The predicted octanol–water partition coefficient (Wildman–Crippen LogP) is 11.5. The number of benzene rings is 4. The second kappa shape index (κ2) is 22.7. The SMILES string of the molecule is Cc1c(O[C@H]2CC[C@H](CCCCN3CCC(Oc4cccc5c(C6CCC(=O)NC6=O)nn(C)c45)CC3)CC2)cccc1-c1ccc(N2CCc3cccc(C(=O)Nc4nc5ccccc5s4)c3C2)nc1C(=O)OC(C)(C)C. The lowest BCUT2D eigenvalue weighted by atomic mass is 9.84. The molecule has 7 aromatic rings. The van der Waals surface area contributed by atoms with Crippen LogP contribution in [0.1, 0.15) is 141 Å². The van der Waals surface area contributed by atoms with Crippen molar-refractivity contribution in [2.45, 2.75) is 135 Å². The molecule has 2 N–H and O–H groups in total. The maximum atomic E-state index is 14.1. The third-order valence-corrected chi connectivity index (χ3v) is 17.0. The van der Waals surface area contributed by atoms with Crippen LogP contribution in [-0.4, -0.2) is 92.3 Å². The number of fused-ring (bicyclic) bond motifs is 3. The Bertz CT molecular complexity index is 3350. The molecule has 3 aliphatic heterocycles. The lowest BCUT2D eigenvalue weighted by Gasteiger charge is -2.32. The molecule has 0 spiro atoms. The largest absolute Gasteiger partial charge is 0.490 e. The van der Waals surface area contributed by atoms with Gasteiger partial charge < -0.3 is 24.0 Å². The van der Waals surface area contributed by atoms with E-state index >= 15 is 0 Å². The number of aryl methyl sites for hydroxylation is 1. The highest BCUT2D eigenvalue weighted by molar-refractivity contribution is 7.22. The number of nitrogens with one attached hydrogen (secondary N) is 2. The highest BCUT2D eigenvalue weighted by atomic mass is 32.1. The van der Waals surface area contributed by atoms with E-state index in [0.29, 0.717) is 66.0 Å². The Balaban J connectivity index is 0.671. The number of esters is 1. The van der Waals surface area contributed by atoms with Crippen molar-refractivity contribution in [2.24, 2.45) is 13.0 Å². The summed E-state index contributed by atoms with van der Waals surface area (Å²) in [6.45, 7) is 11.9. The van der Waals surface area contributed by atoms with Crippen LogP contribution >= 0.6 is 11.3 Å². The quantitative estimate of drug-likeness (QED) is 0.0567. The van der Waals surface area contributed by atoms with Gasteiger partial charge in [0.05, 0.1) is 27.9 Å². The fourth-order valence-electron chi connectivity index (χ4n) is 12.0. The van der Waals surface area contributed by atoms with E-state index < -0.39 is 17.5 Å². The van der Waals surface area contributed by atoms with E-state index in [9.17, 15) is 19.2 Å². The summed E-state index contributed by atoms with van der Waals surface area (Å²) >= 11 is 1.45. The molecule has 0 radical (unpaired) electrons. The molecule has 0 bridgehead atoms. The van der Waals surface area contributed by atoms with Crippen molar-refractivity contribution in [2.75, 3.05) is 36.4 Å². The number of carbonyl (C=O) groups excluding carboxylic acids is 4. The molecule has 78 heavy (non-hydrogen) atoms. The first kappa shape index (κ1) is 52.9. The van der Waals surface area contributed by atoms with Gasteiger partial charge in [-0.15, -0.1) is 0 Å². The number of pyridine rings is 1. The van der Waals surface area contributed by atoms with Gasteiger partial charge in [-0.1, -0.05) is 72.7 Å². The summed E-state index contributed by atoms with van der Waals surface area (Å²) in [5.74, 6) is 1.30. The number of thiazole rings is 1. The predicted molar refractivity (Wildman–Crippen MR) is 305 cm³/mol. The number of imide groups is 1. The molecule has 16 heteroatoms. The molecule has 2 saturated heterocycles. The second-order valence-electron chi connectivity index (χ2n) is 22.6. The first-order chi connectivity index (χ1) is 37.7. The fourth-order valence-corrected chi connectivity index (χ4v) is 12.9. The van der Waals surface area contributed by atoms with Crippen LogP contribution in [0.4, 0.5) is 10.9 Å². The number of unbranched alkanes of at least 4 members (excludes halogenated alkanes) is 1. The standard InChI is InChI=1S/C62H70N8O7S/c1-38-43(44-26-28-53(64-56(44)60(74)77-62(2,3)4)70-36-30-40-14-10-16-45(48(40)37-70)58(72)66-61-63-49-18-6-7-21-52(49)78-61)15-11-19-50(38)75-41-24-22-39(23-25-41)13-8-9-33-69-34-31-42(32-35-69)76-51-20-12-17-46-55(67-68(5)57(46)51)47-27-29-54(71)65-59(47)73/h6-7,10-12,14-21,26,28,39,41-42,47H,8-9,13,22-25,27,29-37H2,1-5H3,(H,63,66,72)(H,65,71,73)/t39-,41-,47?. The number of hydrogen-bond donors (Lipinski definition) is 2. The van der Waals surface area contributed by atoms with Crippen LogP contribution in [0.25, 0.3) is 32.2 Å². The van der Waals surface area contributed by atoms with Gasteiger partial charge in [-0.3, -0.25) is 29.7 Å². The molecule has 15 nitrogen and oxygen atoms in total. The monoisotopic (exact) mass is 1070 g/mol. The van der Waals surface area contributed by atoms with Crippen molar-refractivity contribution in [3.63, 3.8) is 0 Å². The number of piperidine rings is 2. The average Bonchev–Trinajstić information content (AvgIpc) is 4.17. The van der Waals surface area contributed by atoms with Crippen LogP contribution in [0, 0.1) is 12.8 Å². The summed E-state index contributed by atoms with van der Waals surface area (Å²) < 4.78 is 22.2. The summed E-state index contributed by atoms with van der Waals surface area (Å²) in [4.78, 5) is 66.8. The summed E-state index contributed by atoms with van der Waals surface area (Å²) in [6, 6.07) is 29.7. The number of hydrogen-bond acceptors (Lipinski definition) is 13. The van der Waals surface area contributed by atoms with E-state index in [1.807, 2.05) is 117 Å². The van der Waals surface area contributed by atoms with E-state index in [-0.39, 0.29) is 35.6 Å². The van der Waals surface area contributed by atoms with Crippen molar-refractivity contribution >= 4 is 67.1 Å². The number of anilines is 2. The lowest BCUT2D eigenvalue weighted by Crippen LogP contribution is -2.39. The van der Waals surface area contributed by atoms with Crippen LogP contribution in [-0.2, 0) is 34.3 Å². The zero-order valence-electron chi connectivity index (χ0n) is 45.4. The molecule has 1 saturated carbocycles. The molecule has 3 fully saturated rings. The Labute approximate surface area is 460 Å². The Morgan fingerprint density at radius 1 is 0.782 bits per heavy atom. The molecular formula is C62H70N8O7S. The maximum absolute atomic E-state index is 14.1. The van der Waals surface area contributed by atoms with Gasteiger partial charge in [0.2, 0.25) is 11.8 Å². The average molecular weight is 1070 g/mol. The van der Waals surface area contributed by atoms with Crippen LogP contribution in [0.3, 0.4) is 0 Å². The Kier molecular flexibility index (Phi) is 15.4. The van der Waals surface area contributed by atoms with Gasteiger partial charge in [0.25, 0.3) is 5.91 Å². The van der Waals surface area contributed by atoms with Crippen molar-refractivity contribution < 1.29 is 33.4 Å². The molecule has 406 valence electrons. The van der Waals surface area contributed by atoms with Gasteiger partial charge in [0.1, 0.15) is 34.5 Å². The van der Waals surface area contributed by atoms with Gasteiger partial charge >= 0.3 is 5.97 Å². The molecule has 1 unspecified atom stereocenters. The lowest BCUT2D eigenvalue weighted by molar-refractivity contribution is -0.134. The number of aromatic nitrogens is 4. The Hall–Kier alpha value is -7.17. The van der Waals surface area contributed by atoms with Crippen LogP contribution in [0.5, 0.6) is 11.5 Å². The summed E-state index contributed by atoms with van der Waals surface area (Å²) in [5, 5.41) is 11.7. The smallest absolute Gasteiger partial charge is 0.358 e. The van der Waals surface area contributed by atoms with Gasteiger partial charge in [-0.05, 0) is 163 Å². The number of nitrogens with zero attached hydrogens (tertiary/aromatic N) is 6. The zero-order valence-corrected chi connectivity index (χ0v) is 46.3. The maximum Gasteiger partial charge on any atom is 0.358 e. The van der Waals surface area contributed by atoms with Crippen molar-refractivity contribution in [3.8, 4) is 22.6 Å². The molecule has 11 rings (SSSR count). The molecular weight excluding hydrogens is 1000 g/mol. The molecule has 1 atom stereocenters. The highest BCUT2D eigenvalue weighted by Crippen LogP contribution is 2.39. The first-order valence-corrected chi connectivity index (χ1v) is 28.7. The van der Waals surface area contributed by atoms with E-state index in [4.69, 9.17) is 24.3 Å². The van der Waals surface area contributed by atoms with Crippen LogP contribution in [0.15, 0.2) is 91.0 Å². The van der Waals surface area contributed by atoms with E-state index in [1.165, 1.54) is 30.6 Å². The number of amides is 3. The summed E-state index contributed by atoms with van der Waals surface area (Å²) in [7, 11) is 1.89. The van der Waals surface area contributed by atoms with Gasteiger partial charge in [0, 0.05) is 56.2 Å². The second-order valence-corrected chi connectivity index (χ2v) is 23.7. The minimum atomic E-state index is -0.732. The fraction of sp³-hybridized carbons (Fsp3) is 0.435. The minimum absolute atomic E-state index is 0.114. The Morgan fingerprint density at radius 3 is 2.33 bits per heavy atom. The van der Waals surface area contributed by atoms with Crippen LogP contribution < -0.4 is 25.0 Å². The van der Waals surface area contributed by atoms with Crippen molar-refractivity contribution in [1.82, 2.24) is 30.0 Å². The molecule has 3 amide bonds. The number of para-hydroxylation sites is 2. The topological polar surface area (TPSA) is 170 Å². The minimum Gasteiger partial charge on any atom is -0.490 e. The highest BCUT2D eigenvalue weighted by Gasteiger charge is 2.34. The zero-order chi connectivity index (χ0) is 54.1. The molecule has 6 heterocycles. The van der Waals surface area contributed by atoms with E-state index in [2.05, 4.69) is 38.4 Å². The molecule has 4 aromatic carbocycles. The third-order valence-electron chi connectivity index (χ3n) is 16.1. The number of carbonyl (C=O) groups is 4. The van der Waals surface area contributed by atoms with Gasteiger partial charge in [-0.25, -0.2) is 14.8 Å². The summed E-state index contributed by atoms with van der Waals surface area (Å²) in [5.41, 5.74) is 7.11. The molecule has 4 aliphatic rings. The Morgan fingerprint density at radius 2 is 1.54 bits per heavy atom. The van der Waals surface area contributed by atoms with Crippen LogP contribution in [0.2, 0.25) is 0 Å². The van der Waals surface area contributed by atoms with Gasteiger partial charge in [0.15, 0.2) is 10.8 Å². The van der Waals surface area contributed by atoms with E-state index in [0.717, 1.165) is 113 Å². The van der Waals surface area contributed by atoms with E-state index in [1.54, 1.807) is 0 Å². The number of likely N-dealkylation sites (tertiary alicyclic amines) is 1. The first-order valence-electron chi connectivity index (χ1n) is 27.9. The van der Waals surface area contributed by atoms with Crippen molar-refractivity contribution in [3.05, 3.63) is 125 Å².